The number of aryl methyl sites for hydroxylation is 1. The van der Waals surface area contributed by atoms with Crippen molar-refractivity contribution in [3.63, 3.8) is 0 Å². The van der Waals surface area contributed by atoms with Crippen LogP contribution in [-0.2, 0) is 22.4 Å². The Morgan fingerprint density at radius 3 is 2.50 bits per heavy atom. The second kappa shape index (κ2) is 10.4. The average Bonchev–Trinajstić information content (AvgIpc) is 2.77. The quantitative estimate of drug-likeness (QED) is 0.516. The summed E-state index contributed by atoms with van der Waals surface area (Å²) in [4.78, 5) is 24.3. The minimum atomic E-state index is -0.400. The summed E-state index contributed by atoms with van der Waals surface area (Å²) >= 11 is 0. The molecule has 0 saturated heterocycles. The molecule has 0 aliphatic heterocycles. The third-order valence-electron chi connectivity index (χ3n) is 4.89. The molecule has 2 aromatic carbocycles. The molecule has 0 spiro atoms. The van der Waals surface area contributed by atoms with E-state index >= 15 is 0 Å². The molecule has 2 aromatic rings. The van der Waals surface area contributed by atoms with Gasteiger partial charge in [0.15, 0.2) is 6.61 Å². The number of benzene rings is 2. The van der Waals surface area contributed by atoms with Crippen LogP contribution >= 0.6 is 0 Å². The van der Waals surface area contributed by atoms with Crippen molar-refractivity contribution in [3.8, 4) is 11.5 Å². The molecule has 0 saturated carbocycles. The highest BCUT2D eigenvalue weighted by atomic mass is 16.5. The molecular formula is C23H27N3O4. The fourth-order valence-electron chi connectivity index (χ4n) is 3.38. The largest absolute Gasteiger partial charge is 0.497 e. The van der Waals surface area contributed by atoms with Gasteiger partial charge in [-0.1, -0.05) is 12.1 Å². The van der Waals surface area contributed by atoms with Gasteiger partial charge in [-0.25, -0.2) is 5.43 Å². The Morgan fingerprint density at radius 1 is 1.00 bits per heavy atom. The van der Waals surface area contributed by atoms with E-state index in [2.05, 4.69) is 21.9 Å². The third kappa shape index (κ3) is 6.07. The van der Waals surface area contributed by atoms with Crippen LogP contribution in [-0.4, -0.2) is 31.2 Å². The molecule has 1 aliphatic rings. The molecule has 0 unspecified atom stereocenters. The Morgan fingerprint density at radius 2 is 1.73 bits per heavy atom. The molecule has 3 rings (SSSR count). The number of hydrogen-bond acceptors (Lipinski definition) is 5. The average molecular weight is 409 g/mol. The highest BCUT2D eigenvalue weighted by Crippen LogP contribution is 2.27. The summed E-state index contributed by atoms with van der Waals surface area (Å²) in [6.07, 6.45) is 4.49. The first kappa shape index (κ1) is 21.4. The normalized spacial score (nSPS) is 13.2. The fraction of sp³-hybridized carbons (Fsp3) is 0.348. The van der Waals surface area contributed by atoms with Gasteiger partial charge >= 0.3 is 0 Å². The van der Waals surface area contributed by atoms with E-state index < -0.39 is 5.91 Å². The number of nitrogens with zero attached hydrogens (tertiary/aromatic N) is 1. The number of anilines is 1. The predicted octanol–water partition coefficient (Wildman–Crippen LogP) is 3.47. The van der Waals surface area contributed by atoms with E-state index in [4.69, 9.17) is 9.47 Å². The van der Waals surface area contributed by atoms with Crippen LogP contribution < -0.4 is 20.2 Å². The van der Waals surface area contributed by atoms with Gasteiger partial charge in [0.25, 0.3) is 5.91 Å². The predicted molar refractivity (Wildman–Crippen MR) is 116 cm³/mol. The summed E-state index contributed by atoms with van der Waals surface area (Å²) in [5.41, 5.74) is 6.35. The Kier molecular flexibility index (Phi) is 7.43. The van der Waals surface area contributed by atoms with Crippen molar-refractivity contribution < 1.29 is 19.1 Å². The van der Waals surface area contributed by atoms with E-state index in [9.17, 15) is 9.59 Å². The van der Waals surface area contributed by atoms with Crippen molar-refractivity contribution in [1.82, 2.24) is 5.43 Å². The first-order chi connectivity index (χ1) is 14.5. The number of carbonyl (C=O) groups excluding carboxylic acids is 2. The lowest BCUT2D eigenvalue weighted by atomic mass is 9.90. The van der Waals surface area contributed by atoms with E-state index in [-0.39, 0.29) is 18.9 Å². The molecular weight excluding hydrogens is 382 g/mol. The molecule has 2 amide bonds. The van der Waals surface area contributed by atoms with Gasteiger partial charge in [-0.3, -0.25) is 9.59 Å². The smallest absolute Gasteiger partial charge is 0.277 e. The molecule has 0 fully saturated rings. The Balaban J connectivity index is 1.45. The molecule has 158 valence electrons. The second-order valence-electron chi connectivity index (χ2n) is 7.22. The number of amides is 2. The zero-order valence-corrected chi connectivity index (χ0v) is 17.4. The molecule has 0 bridgehead atoms. The summed E-state index contributed by atoms with van der Waals surface area (Å²) < 4.78 is 10.5. The van der Waals surface area contributed by atoms with Gasteiger partial charge in [0.1, 0.15) is 11.5 Å². The number of hydrogen-bond donors (Lipinski definition) is 2. The number of rotatable bonds is 8. The third-order valence-corrected chi connectivity index (χ3v) is 4.89. The zero-order valence-electron chi connectivity index (χ0n) is 17.4. The molecule has 2 N–H and O–H groups in total. The Bertz CT molecular complexity index is 923. The number of hydrazone groups is 1. The van der Waals surface area contributed by atoms with Crippen molar-refractivity contribution in [2.24, 2.45) is 5.10 Å². The molecule has 1 aliphatic carbocycles. The Labute approximate surface area is 176 Å². The number of ether oxygens (including phenoxy) is 2. The van der Waals surface area contributed by atoms with Gasteiger partial charge in [0.05, 0.1) is 13.5 Å². The lowest BCUT2D eigenvalue weighted by Gasteiger charge is -2.19. The zero-order chi connectivity index (χ0) is 21.3. The van der Waals surface area contributed by atoms with Gasteiger partial charge in [0, 0.05) is 11.4 Å². The monoisotopic (exact) mass is 409 g/mol. The van der Waals surface area contributed by atoms with Crippen LogP contribution in [0.15, 0.2) is 47.6 Å². The first-order valence-electron chi connectivity index (χ1n) is 10.0. The standard InChI is InChI=1S/C23H27N3O4/c1-16(25-26-23(28)15-30-19-12-10-18(29-2)11-13-19)14-22(27)24-21-9-5-7-17-6-3-4-8-20(17)21/h5,7,9-13H,3-4,6,8,14-15H2,1-2H3,(H,24,27)(H,26,28)/b25-16-. The highest BCUT2D eigenvalue weighted by Gasteiger charge is 2.15. The van der Waals surface area contributed by atoms with Crippen molar-refractivity contribution >= 4 is 23.2 Å². The van der Waals surface area contributed by atoms with Crippen LogP contribution in [0.25, 0.3) is 0 Å². The minimum absolute atomic E-state index is 0.100. The van der Waals surface area contributed by atoms with Crippen molar-refractivity contribution in [2.75, 3.05) is 19.0 Å². The van der Waals surface area contributed by atoms with E-state index in [1.165, 1.54) is 17.5 Å². The van der Waals surface area contributed by atoms with Crippen LogP contribution in [0, 0.1) is 0 Å². The maximum atomic E-state index is 12.4. The van der Waals surface area contributed by atoms with E-state index in [0.29, 0.717) is 17.2 Å². The number of fused-ring (bicyclic) bond motifs is 1. The van der Waals surface area contributed by atoms with Gasteiger partial charge in [-0.15, -0.1) is 0 Å². The molecule has 0 atom stereocenters. The van der Waals surface area contributed by atoms with Crippen molar-refractivity contribution in [2.45, 2.75) is 39.0 Å². The summed E-state index contributed by atoms with van der Waals surface area (Å²) in [7, 11) is 1.58. The first-order valence-corrected chi connectivity index (χ1v) is 10.0. The lowest BCUT2D eigenvalue weighted by molar-refractivity contribution is -0.123. The minimum Gasteiger partial charge on any atom is -0.497 e. The summed E-state index contributed by atoms with van der Waals surface area (Å²) in [5.74, 6) is 0.709. The van der Waals surface area contributed by atoms with Crippen molar-refractivity contribution in [1.29, 1.82) is 0 Å². The Hall–Kier alpha value is -3.35. The van der Waals surface area contributed by atoms with Crippen LogP contribution in [0.2, 0.25) is 0 Å². The molecule has 30 heavy (non-hydrogen) atoms. The van der Waals surface area contributed by atoms with Gasteiger partial charge in [0.2, 0.25) is 5.91 Å². The molecule has 0 aromatic heterocycles. The number of carbonyl (C=O) groups is 2. The maximum Gasteiger partial charge on any atom is 0.277 e. The molecule has 0 heterocycles. The van der Waals surface area contributed by atoms with Crippen LogP contribution in [0.5, 0.6) is 11.5 Å². The van der Waals surface area contributed by atoms with Gasteiger partial charge < -0.3 is 14.8 Å². The number of nitrogens with one attached hydrogen (secondary N) is 2. The van der Waals surface area contributed by atoms with E-state index in [1.807, 2.05) is 12.1 Å². The van der Waals surface area contributed by atoms with E-state index in [1.54, 1.807) is 38.3 Å². The summed E-state index contributed by atoms with van der Waals surface area (Å²) in [6, 6.07) is 13.0. The second-order valence-corrected chi connectivity index (χ2v) is 7.22. The highest BCUT2D eigenvalue weighted by molar-refractivity contribution is 6.06. The lowest BCUT2D eigenvalue weighted by Crippen LogP contribution is -2.26. The topological polar surface area (TPSA) is 89.0 Å². The molecule has 7 nitrogen and oxygen atoms in total. The van der Waals surface area contributed by atoms with Gasteiger partial charge in [-0.05, 0) is 74.1 Å². The SMILES string of the molecule is COc1ccc(OCC(=O)N/N=C(/C)CC(=O)Nc2cccc3c2CCCC3)cc1. The van der Waals surface area contributed by atoms with Crippen molar-refractivity contribution in [3.05, 3.63) is 53.6 Å². The van der Waals surface area contributed by atoms with E-state index in [0.717, 1.165) is 24.9 Å². The number of methoxy groups -OCH3 is 1. The summed E-state index contributed by atoms with van der Waals surface area (Å²) in [5, 5.41) is 6.97. The van der Waals surface area contributed by atoms with Crippen LogP contribution in [0.3, 0.4) is 0 Å². The maximum absolute atomic E-state index is 12.4. The van der Waals surface area contributed by atoms with Crippen LogP contribution in [0.4, 0.5) is 5.69 Å². The fourth-order valence-corrected chi connectivity index (χ4v) is 3.38. The van der Waals surface area contributed by atoms with Gasteiger partial charge in [-0.2, -0.15) is 5.10 Å². The molecule has 7 heteroatoms. The molecule has 0 radical (unpaired) electrons. The summed E-state index contributed by atoms with van der Waals surface area (Å²) in [6.45, 7) is 1.52. The van der Waals surface area contributed by atoms with Crippen LogP contribution in [0.1, 0.15) is 37.3 Å².